The van der Waals surface area contributed by atoms with Crippen molar-refractivity contribution in [3.63, 3.8) is 0 Å². The van der Waals surface area contributed by atoms with Gasteiger partial charge in [0, 0.05) is 19.2 Å². The number of likely N-dealkylation sites (tertiary alicyclic amines) is 1. The van der Waals surface area contributed by atoms with Crippen LogP contribution >= 0.6 is 0 Å². The average Bonchev–Trinajstić information content (AvgIpc) is 2.72. The van der Waals surface area contributed by atoms with E-state index in [1.54, 1.807) is 13.0 Å². The number of carbonyl (C=O) groups is 1. The first-order valence-corrected chi connectivity index (χ1v) is 6.94. The van der Waals surface area contributed by atoms with Crippen LogP contribution in [0.5, 0.6) is 0 Å². The summed E-state index contributed by atoms with van der Waals surface area (Å²) in [6.45, 7) is 10.2. The molecule has 5 nitrogen and oxygen atoms in total. The molecule has 1 N–H and O–H groups in total. The monoisotopic (exact) mass is 265 g/mol. The number of nitrogens with one attached hydrogen (secondary N) is 1. The van der Waals surface area contributed by atoms with Crippen LogP contribution in [0.4, 0.5) is 5.82 Å². The van der Waals surface area contributed by atoms with Gasteiger partial charge in [0.1, 0.15) is 5.76 Å². The summed E-state index contributed by atoms with van der Waals surface area (Å²) in [7, 11) is 0. The summed E-state index contributed by atoms with van der Waals surface area (Å²) in [4.78, 5) is 14.5. The third-order valence-electron chi connectivity index (χ3n) is 3.70. The van der Waals surface area contributed by atoms with E-state index < -0.39 is 0 Å². The molecule has 1 saturated heterocycles. The van der Waals surface area contributed by atoms with Crippen LogP contribution in [-0.2, 0) is 4.79 Å². The van der Waals surface area contributed by atoms with Crippen LogP contribution in [0.2, 0.25) is 0 Å². The lowest BCUT2D eigenvalue weighted by Gasteiger charge is -2.37. The van der Waals surface area contributed by atoms with Crippen molar-refractivity contribution < 1.29 is 9.32 Å². The van der Waals surface area contributed by atoms with E-state index in [4.69, 9.17) is 4.52 Å². The first kappa shape index (κ1) is 14.1. The lowest BCUT2D eigenvalue weighted by atomic mass is 9.91. The number of aryl methyl sites for hydroxylation is 1. The van der Waals surface area contributed by atoms with Crippen LogP contribution in [0.1, 0.15) is 33.0 Å². The number of aromatic nitrogens is 1. The van der Waals surface area contributed by atoms with Gasteiger partial charge in [-0.05, 0) is 32.1 Å². The number of nitrogens with zero attached hydrogens (tertiary/aromatic N) is 2. The van der Waals surface area contributed by atoms with E-state index in [9.17, 15) is 4.79 Å². The molecule has 0 aromatic carbocycles. The number of anilines is 1. The standard InChI is InChI=1S/C14H23N3O2/c1-9-5-10(2)8-17(7-9)12(4)14(18)15-13-6-11(3)19-16-13/h6,9-10,12H,5,7-8H2,1-4H3,(H,15,16,18). The molecular weight excluding hydrogens is 242 g/mol. The van der Waals surface area contributed by atoms with Gasteiger partial charge in [-0.2, -0.15) is 0 Å². The van der Waals surface area contributed by atoms with E-state index in [0.717, 1.165) is 13.1 Å². The molecule has 1 aromatic rings. The molecular formula is C14H23N3O2. The van der Waals surface area contributed by atoms with Gasteiger partial charge in [-0.3, -0.25) is 9.69 Å². The van der Waals surface area contributed by atoms with E-state index in [-0.39, 0.29) is 11.9 Å². The smallest absolute Gasteiger partial charge is 0.242 e. The average molecular weight is 265 g/mol. The second-order valence-electron chi connectivity index (χ2n) is 5.89. The number of hydrogen-bond donors (Lipinski definition) is 1. The molecule has 0 saturated carbocycles. The predicted molar refractivity (Wildman–Crippen MR) is 73.8 cm³/mol. The van der Waals surface area contributed by atoms with Crippen molar-refractivity contribution in [2.75, 3.05) is 18.4 Å². The van der Waals surface area contributed by atoms with Gasteiger partial charge in [0.05, 0.1) is 6.04 Å². The van der Waals surface area contributed by atoms with Gasteiger partial charge in [-0.1, -0.05) is 19.0 Å². The molecule has 3 atom stereocenters. The van der Waals surface area contributed by atoms with Gasteiger partial charge in [-0.25, -0.2) is 0 Å². The molecule has 106 valence electrons. The van der Waals surface area contributed by atoms with Crippen molar-refractivity contribution in [2.45, 2.75) is 40.2 Å². The first-order chi connectivity index (χ1) is 8.95. The van der Waals surface area contributed by atoms with Crippen molar-refractivity contribution >= 4 is 11.7 Å². The molecule has 0 radical (unpaired) electrons. The highest BCUT2D eigenvalue weighted by Crippen LogP contribution is 2.23. The van der Waals surface area contributed by atoms with Crippen LogP contribution in [0, 0.1) is 18.8 Å². The van der Waals surface area contributed by atoms with E-state index in [2.05, 4.69) is 29.2 Å². The quantitative estimate of drug-likeness (QED) is 0.911. The highest BCUT2D eigenvalue weighted by atomic mass is 16.5. The Hall–Kier alpha value is -1.36. The molecule has 19 heavy (non-hydrogen) atoms. The number of rotatable bonds is 3. The summed E-state index contributed by atoms with van der Waals surface area (Å²) >= 11 is 0. The molecule has 1 aliphatic rings. The number of piperidine rings is 1. The largest absolute Gasteiger partial charge is 0.360 e. The van der Waals surface area contributed by atoms with Gasteiger partial charge < -0.3 is 9.84 Å². The van der Waals surface area contributed by atoms with Crippen molar-refractivity contribution in [2.24, 2.45) is 11.8 Å². The minimum atomic E-state index is -0.137. The Labute approximate surface area is 114 Å². The maximum atomic E-state index is 12.2. The van der Waals surface area contributed by atoms with Crippen LogP contribution < -0.4 is 5.32 Å². The Kier molecular flexibility index (Phi) is 4.24. The Morgan fingerprint density at radius 3 is 2.63 bits per heavy atom. The zero-order chi connectivity index (χ0) is 14.0. The summed E-state index contributed by atoms with van der Waals surface area (Å²) in [5, 5.41) is 6.59. The lowest BCUT2D eigenvalue weighted by Crippen LogP contribution is -2.48. The zero-order valence-corrected chi connectivity index (χ0v) is 12.1. The maximum Gasteiger partial charge on any atom is 0.242 e. The van der Waals surface area contributed by atoms with Crippen LogP contribution in [0.15, 0.2) is 10.6 Å². The molecule has 0 bridgehead atoms. The van der Waals surface area contributed by atoms with Gasteiger partial charge >= 0.3 is 0 Å². The molecule has 2 rings (SSSR count). The Balaban J connectivity index is 1.94. The van der Waals surface area contributed by atoms with Gasteiger partial charge in [0.15, 0.2) is 5.82 Å². The zero-order valence-electron chi connectivity index (χ0n) is 12.1. The fourth-order valence-electron chi connectivity index (χ4n) is 2.85. The molecule has 1 aromatic heterocycles. The molecule has 1 fully saturated rings. The SMILES string of the molecule is Cc1cc(NC(=O)C(C)N2CC(C)CC(C)C2)no1. The van der Waals surface area contributed by atoms with E-state index in [1.807, 2.05) is 6.92 Å². The summed E-state index contributed by atoms with van der Waals surface area (Å²) in [5.41, 5.74) is 0. The summed E-state index contributed by atoms with van der Waals surface area (Å²) in [6.07, 6.45) is 1.24. The van der Waals surface area contributed by atoms with Crippen molar-refractivity contribution in [1.82, 2.24) is 10.1 Å². The third kappa shape index (κ3) is 3.56. The van der Waals surface area contributed by atoms with Gasteiger partial charge in [-0.15, -0.1) is 0 Å². The molecule has 0 aliphatic carbocycles. The maximum absolute atomic E-state index is 12.2. The second-order valence-corrected chi connectivity index (χ2v) is 5.89. The highest BCUT2D eigenvalue weighted by Gasteiger charge is 2.29. The molecule has 1 aliphatic heterocycles. The Bertz CT molecular complexity index is 434. The minimum absolute atomic E-state index is 0.0189. The van der Waals surface area contributed by atoms with Gasteiger partial charge in [0.2, 0.25) is 5.91 Å². The topological polar surface area (TPSA) is 58.4 Å². The van der Waals surface area contributed by atoms with Crippen LogP contribution in [-0.4, -0.2) is 35.1 Å². The molecule has 2 heterocycles. The summed E-state index contributed by atoms with van der Waals surface area (Å²) in [6, 6.07) is 1.59. The third-order valence-corrected chi connectivity index (χ3v) is 3.70. The fourth-order valence-corrected chi connectivity index (χ4v) is 2.85. The molecule has 5 heteroatoms. The Morgan fingerprint density at radius 1 is 1.47 bits per heavy atom. The highest BCUT2D eigenvalue weighted by molar-refractivity contribution is 5.93. The normalized spacial score (nSPS) is 26.1. The van der Waals surface area contributed by atoms with Crippen molar-refractivity contribution in [3.8, 4) is 0 Å². The number of amides is 1. The van der Waals surface area contributed by atoms with Gasteiger partial charge in [0.25, 0.3) is 0 Å². The van der Waals surface area contributed by atoms with Crippen LogP contribution in [0.25, 0.3) is 0 Å². The predicted octanol–water partition coefficient (Wildman–Crippen LogP) is 2.29. The van der Waals surface area contributed by atoms with Crippen LogP contribution in [0.3, 0.4) is 0 Å². The van der Waals surface area contributed by atoms with Crippen molar-refractivity contribution in [1.29, 1.82) is 0 Å². The number of carbonyl (C=O) groups excluding carboxylic acids is 1. The fraction of sp³-hybridized carbons (Fsp3) is 0.714. The summed E-state index contributed by atoms with van der Waals surface area (Å²) in [5.74, 6) is 2.46. The van der Waals surface area contributed by atoms with Crippen molar-refractivity contribution in [3.05, 3.63) is 11.8 Å². The lowest BCUT2D eigenvalue weighted by molar-refractivity contribution is -0.121. The molecule has 3 unspecified atom stereocenters. The molecule has 1 amide bonds. The first-order valence-electron chi connectivity index (χ1n) is 6.94. The van der Waals surface area contributed by atoms with E-state index >= 15 is 0 Å². The second kappa shape index (κ2) is 5.74. The minimum Gasteiger partial charge on any atom is -0.360 e. The van der Waals surface area contributed by atoms with E-state index in [1.165, 1.54) is 6.42 Å². The molecule has 0 spiro atoms. The Morgan fingerprint density at radius 2 is 2.11 bits per heavy atom. The summed E-state index contributed by atoms with van der Waals surface area (Å²) < 4.78 is 4.95. The number of hydrogen-bond acceptors (Lipinski definition) is 4. The van der Waals surface area contributed by atoms with E-state index in [0.29, 0.717) is 23.4 Å².